The van der Waals surface area contributed by atoms with Crippen molar-refractivity contribution < 1.29 is 18.3 Å². The van der Waals surface area contributed by atoms with Crippen molar-refractivity contribution in [2.45, 2.75) is 39.3 Å². The van der Waals surface area contributed by atoms with Crippen LogP contribution < -0.4 is 20.1 Å². The lowest BCUT2D eigenvalue weighted by Gasteiger charge is -2.12. The number of aliphatic imine (C=N–C) groups is 1. The van der Waals surface area contributed by atoms with Crippen LogP contribution in [0.15, 0.2) is 23.2 Å². The summed E-state index contributed by atoms with van der Waals surface area (Å²) in [6.45, 7) is 2.68. The molecule has 0 spiro atoms. The third kappa shape index (κ3) is 7.21. The Morgan fingerprint density at radius 2 is 2.08 bits per heavy atom. The van der Waals surface area contributed by atoms with Crippen LogP contribution in [-0.2, 0) is 6.42 Å². The van der Waals surface area contributed by atoms with Gasteiger partial charge in [0.2, 0.25) is 0 Å². The number of halogens is 3. The topological polar surface area (TPSA) is 54.9 Å². The van der Waals surface area contributed by atoms with Crippen molar-refractivity contribution in [1.29, 1.82) is 0 Å². The van der Waals surface area contributed by atoms with Crippen molar-refractivity contribution in [3.63, 3.8) is 0 Å². The van der Waals surface area contributed by atoms with E-state index in [2.05, 4.69) is 27.3 Å². The molecule has 8 heteroatoms. The first-order valence-electron chi connectivity index (χ1n) is 8.20. The highest BCUT2D eigenvalue weighted by Gasteiger charge is 2.33. The zero-order valence-electron chi connectivity index (χ0n) is 14.7. The van der Waals surface area contributed by atoms with E-state index in [0.717, 1.165) is 24.5 Å². The molecule has 0 amide bonds. The first-order valence-corrected chi connectivity index (χ1v) is 8.20. The molecule has 0 aromatic heterocycles. The van der Waals surface area contributed by atoms with E-state index in [1.807, 2.05) is 13.0 Å². The fraction of sp³-hybridized carbons (Fsp3) is 0.588. The number of hydrogen-bond donors (Lipinski definition) is 2. The van der Waals surface area contributed by atoms with Gasteiger partial charge in [-0.15, -0.1) is 24.0 Å². The minimum absolute atomic E-state index is 0. The van der Waals surface area contributed by atoms with Crippen molar-refractivity contribution in [2.24, 2.45) is 10.9 Å². The van der Waals surface area contributed by atoms with Crippen LogP contribution in [-0.4, -0.2) is 38.8 Å². The van der Waals surface area contributed by atoms with Crippen molar-refractivity contribution in [1.82, 2.24) is 10.6 Å². The molecule has 1 fully saturated rings. The number of guanidine groups is 1. The molecule has 2 N–H and O–H groups in total. The van der Waals surface area contributed by atoms with E-state index in [1.54, 1.807) is 12.1 Å². The Labute approximate surface area is 164 Å². The van der Waals surface area contributed by atoms with Gasteiger partial charge < -0.3 is 20.1 Å². The van der Waals surface area contributed by atoms with Crippen LogP contribution in [0.25, 0.3) is 0 Å². The minimum Gasteiger partial charge on any atom is -0.493 e. The molecular formula is C17H26F2IN3O2. The highest BCUT2D eigenvalue weighted by molar-refractivity contribution is 14.0. The first kappa shape index (κ1) is 21.7. The summed E-state index contributed by atoms with van der Waals surface area (Å²) < 4.78 is 34.4. The van der Waals surface area contributed by atoms with Crippen molar-refractivity contribution in [3.05, 3.63) is 23.8 Å². The zero-order valence-corrected chi connectivity index (χ0v) is 17.1. The van der Waals surface area contributed by atoms with Crippen LogP contribution in [0, 0.1) is 5.92 Å². The summed E-state index contributed by atoms with van der Waals surface area (Å²) in [5, 5.41) is 6.59. The van der Waals surface area contributed by atoms with Crippen LogP contribution in [0.2, 0.25) is 0 Å². The van der Waals surface area contributed by atoms with E-state index in [4.69, 9.17) is 4.74 Å². The number of nitrogens with one attached hydrogen (secondary N) is 2. The number of alkyl halides is 2. The predicted octanol–water partition coefficient (Wildman–Crippen LogP) is 3.42. The molecular weight excluding hydrogens is 443 g/mol. The number of hydrogen-bond acceptors (Lipinski definition) is 3. The maximum atomic E-state index is 12.5. The number of nitrogens with zero attached hydrogens (tertiary/aromatic N) is 1. The van der Waals surface area contributed by atoms with Crippen molar-refractivity contribution >= 4 is 29.9 Å². The smallest absolute Gasteiger partial charge is 0.387 e. The first-order chi connectivity index (χ1) is 11.5. The normalized spacial score (nSPS) is 19.2. The molecule has 0 radical (unpaired) electrons. The highest BCUT2D eigenvalue weighted by Crippen LogP contribution is 2.30. The van der Waals surface area contributed by atoms with E-state index in [1.165, 1.54) is 7.11 Å². The Bertz CT molecular complexity index is 573. The Kier molecular flexibility index (Phi) is 9.23. The van der Waals surface area contributed by atoms with Crippen molar-refractivity contribution in [2.75, 3.05) is 20.2 Å². The molecule has 5 nitrogen and oxygen atoms in total. The van der Waals surface area contributed by atoms with Crippen LogP contribution in [0.5, 0.6) is 11.5 Å². The van der Waals surface area contributed by atoms with Gasteiger partial charge in [0.05, 0.1) is 7.11 Å². The lowest BCUT2D eigenvalue weighted by Crippen LogP contribution is -2.39. The van der Waals surface area contributed by atoms with Crippen LogP contribution in [0.4, 0.5) is 8.78 Å². The lowest BCUT2D eigenvalue weighted by molar-refractivity contribution is -0.0512. The third-order valence-corrected chi connectivity index (χ3v) is 3.89. The van der Waals surface area contributed by atoms with Crippen LogP contribution >= 0.6 is 24.0 Å². The van der Waals surface area contributed by atoms with Gasteiger partial charge in [-0.05, 0) is 43.4 Å². The van der Waals surface area contributed by atoms with Crippen LogP contribution in [0.3, 0.4) is 0 Å². The summed E-state index contributed by atoms with van der Waals surface area (Å²) in [4.78, 5) is 4.53. The summed E-state index contributed by atoms with van der Waals surface area (Å²) in [6.07, 6.45) is 1.79. The van der Waals surface area contributed by atoms with E-state index >= 15 is 0 Å². The standard InChI is InChI=1S/C17H25F2N3O2.HI/c1-4-20-17(22-13-9-11(13)2)21-8-7-12-5-6-14(23-3)15(10-12)24-16(18)19;/h5-6,10-11,13,16H,4,7-9H2,1-3H3,(H2,20,21,22);1H. The van der Waals surface area contributed by atoms with E-state index < -0.39 is 6.61 Å². The van der Waals surface area contributed by atoms with Crippen LogP contribution in [0.1, 0.15) is 25.8 Å². The molecule has 1 aliphatic carbocycles. The Morgan fingerprint density at radius 1 is 1.36 bits per heavy atom. The second-order valence-corrected chi connectivity index (χ2v) is 5.84. The Hall–Kier alpha value is -1.32. The lowest BCUT2D eigenvalue weighted by atomic mass is 10.1. The van der Waals surface area contributed by atoms with Gasteiger partial charge in [-0.25, -0.2) is 0 Å². The molecule has 2 rings (SSSR count). The molecule has 25 heavy (non-hydrogen) atoms. The fourth-order valence-corrected chi connectivity index (χ4v) is 2.38. The van der Waals surface area contributed by atoms with E-state index in [0.29, 0.717) is 30.7 Å². The monoisotopic (exact) mass is 469 g/mol. The summed E-state index contributed by atoms with van der Waals surface area (Å²) >= 11 is 0. The second-order valence-electron chi connectivity index (χ2n) is 5.84. The Morgan fingerprint density at radius 3 is 2.64 bits per heavy atom. The average molecular weight is 469 g/mol. The van der Waals surface area contributed by atoms with Gasteiger partial charge in [-0.1, -0.05) is 13.0 Å². The van der Waals surface area contributed by atoms with Gasteiger partial charge in [-0.3, -0.25) is 4.99 Å². The molecule has 1 aliphatic rings. The largest absolute Gasteiger partial charge is 0.493 e. The number of methoxy groups -OCH3 is 1. The SMILES string of the molecule is CCNC(=NCCc1ccc(OC)c(OC(F)F)c1)NC1CC1C.I. The number of ether oxygens (including phenoxy) is 2. The van der Waals surface area contributed by atoms with E-state index in [9.17, 15) is 8.78 Å². The molecule has 1 saturated carbocycles. The second kappa shape index (κ2) is 10.6. The summed E-state index contributed by atoms with van der Waals surface area (Å²) in [5.74, 6) is 1.82. The summed E-state index contributed by atoms with van der Waals surface area (Å²) in [7, 11) is 1.42. The number of benzene rings is 1. The van der Waals surface area contributed by atoms with E-state index in [-0.39, 0.29) is 29.7 Å². The quantitative estimate of drug-likeness (QED) is 0.348. The van der Waals surface area contributed by atoms with Crippen molar-refractivity contribution in [3.8, 4) is 11.5 Å². The maximum absolute atomic E-state index is 12.5. The van der Waals surface area contributed by atoms with Gasteiger partial charge in [-0.2, -0.15) is 8.78 Å². The maximum Gasteiger partial charge on any atom is 0.387 e. The van der Waals surface area contributed by atoms with Gasteiger partial charge in [0.15, 0.2) is 17.5 Å². The predicted molar refractivity (Wildman–Crippen MR) is 105 cm³/mol. The molecule has 1 aromatic carbocycles. The highest BCUT2D eigenvalue weighted by atomic mass is 127. The molecule has 0 aliphatic heterocycles. The summed E-state index contributed by atoms with van der Waals surface area (Å²) in [6, 6.07) is 5.53. The van der Waals surface area contributed by atoms with Gasteiger partial charge in [0.25, 0.3) is 0 Å². The molecule has 1 aromatic rings. The molecule has 2 atom stereocenters. The minimum atomic E-state index is -2.88. The molecule has 2 unspecified atom stereocenters. The molecule has 0 heterocycles. The molecule has 0 saturated heterocycles. The number of rotatable bonds is 8. The van der Waals surface area contributed by atoms with Gasteiger partial charge >= 0.3 is 6.61 Å². The fourth-order valence-electron chi connectivity index (χ4n) is 2.38. The third-order valence-electron chi connectivity index (χ3n) is 3.89. The molecule has 0 bridgehead atoms. The average Bonchev–Trinajstić information content (AvgIpc) is 3.22. The Balaban J connectivity index is 0.00000312. The zero-order chi connectivity index (χ0) is 17.5. The van der Waals surface area contributed by atoms with Gasteiger partial charge in [0.1, 0.15) is 0 Å². The summed E-state index contributed by atoms with van der Waals surface area (Å²) in [5.41, 5.74) is 0.867. The molecule has 142 valence electrons. The van der Waals surface area contributed by atoms with Gasteiger partial charge in [0, 0.05) is 19.1 Å².